The first-order chi connectivity index (χ1) is 13.6. The molecule has 1 aliphatic rings. The highest BCUT2D eigenvalue weighted by Gasteiger charge is 2.25. The summed E-state index contributed by atoms with van der Waals surface area (Å²) in [5.74, 6) is 0.827. The van der Waals surface area contributed by atoms with Gasteiger partial charge in [0.1, 0.15) is 5.76 Å². The van der Waals surface area contributed by atoms with Crippen molar-refractivity contribution >= 4 is 16.8 Å². The van der Waals surface area contributed by atoms with Crippen LogP contribution < -0.4 is 5.32 Å². The smallest absolute Gasteiger partial charge is 0.253 e. The van der Waals surface area contributed by atoms with Gasteiger partial charge in [0.05, 0.1) is 29.1 Å². The lowest BCUT2D eigenvalue weighted by Crippen LogP contribution is -2.40. The van der Waals surface area contributed by atoms with Gasteiger partial charge in [-0.05, 0) is 70.1 Å². The SMILES string of the molecule is Cc1ccc2nc(C)c(C(=O)NCC(c3ccco3)N3CCCCC3)cc2c1. The summed E-state index contributed by atoms with van der Waals surface area (Å²) in [7, 11) is 0. The van der Waals surface area contributed by atoms with Gasteiger partial charge in [-0.15, -0.1) is 0 Å². The van der Waals surface area contributed by atoms with Crippen LogP contribution >= 0.6 is 0 Å². The van der Waals surface area contributed by atoms with Gasteiger partial charge in [0.25, 0.3) is 5.91 Å². The second-order valence-corrected chi connectivity index (χ2v) is 7.66. The first-order valence-corrected chi connectivity index (χ1v) is 10.1. The van der Waals surface area contributed by atoms with Gasteiger partial charge < -0.3 is 9.73 Å². The van der Waals surface area contributed by atoms with Gasteiger partial charge in [0, 0.05) is 11.9 Å². The molecule has 2 aromatic heterocycles. The molecule has 146 valence electrons. The van der Waals surface area contributed by atoms with E-state index >= 15 is 0 Å². The molecule has 3 heterocycles. The van der Waals surface area contributed by atoms with Crippen molar-refractivity contribution in [1.29, 1.82) is 0 Å². The lowest BCUT2D eigenvalue weighted by molar-refractivity contribution is 0.0913. The monoisotopic (exact) mass is 377 g/mol. The summed E-state index contributed by atoms with van der Waals surface area (Å²) in [4.78, 5) is 20.0. The molecule has 0 spiro atoms. The number of piperidine rings is 1. The Morgan fingerprint density at radius 1 is 1.18 bits per heavy atom. The van der Waals surface area contributed by atoms with Gasteiger partial charge >= 0.3 is 0 Å². The zero-order valence-corrected chi connectivity index (χ0v) is 16.6. The predicted molar refractivity (Wildman–Crippen MR) is 110 cm³/mol. The summed E-state index contributed by atoms with van der Waals surface area (Å²) >= 11 is 0. The summed E-state index contributed by atoms with van der Waals surface area (Å²) in [6, 6.07) is 12.0. The molecule has 4 rings (SSSR count). The van der Waals surface area contributed by atoms with E-state index in [2.05, 4.69) is 21.3 Å². The number of carbonyl (C=O) groups excluding carboxylic acids is 1. The summed E-state index contributed by atoms with van der Waals surface area (Å²) < 4.78 is 5.68. The van der Waals surface area contributed by atoms with E-state index < -0.39 is 0 Å². The van der Waals surface area contributed by atoms with Crippen LogP contribution in [0.25, 0.3) is 10.9 Å². The van der Waals surface area contributed by atoms with E-state index in [0.29, 0.717) is 12.1 Å². The molecule has 28 heavy (non-hydrogen) atoms. The molecular weight excluding hydrogens is 350 g/mol. The van der Waals surface area contributed by atoms with E-state index in [-0.39, 0.29) is 11.9 Å². The Balaban J connectivity index is 1.53. The molecule has 1 amide bonds. The Morgan fingerprint density at radius 2 is 2.00 bits per heavy atom. The fourth-order valence-corrected chi connectivity index (χ4v) is 4.03. The Bertz CT molecular complexity index is 959. The lowest BCUT2D eigenvalue weighted by Gasteiger charge is -2.33. The van der Waals surface area contributed by atoms with Crippen molar-refractivity contribution in [2.24, 2.45) is 0 Å². The Hall–Kier alpha value is -2.66. The first kappa shape index (κ1) is 18.7. The van der Waals surface area contributed by atoms with Gasteiger partial charge in [-0.1, -0.05) is 18.1 Å². The number of fused-ring (bicyclic) bond motifs is 1. The number of aryl methyl sites for hydroxylation is 2. The van der Waals surface area contributed by atoms with Gasteiger partial charge in [0.2, 0.25) is 0 Å². The molecule has 5 nitrogen and oxygen atoms in total. The molecule has 1 saturated heterocycles. The summed E-state index contributed by atoms with van der Waals surface area (Å²) in [6.45, 7) is 6.54. The number of benzene rings is 1. The summed E-state index contributed by atoms with van der Waals surface area (Å²) in [5, 5.41) is 4.12. The molecule has 5 heteroatoms. The van der Waals surface area contributed by atoms with Crippen LogP contribution in [0.4, 0.5) is 0 Å². The molecule has 1 unspecified atom stereocenters. The number of aromatic nitrogens is 1. The quantitative estimate of drug-likeness (QED) is 0.716. The molecule has 0 radical (unpaired) electrons. The standard InChI is InChI=1S/C23H27N3O2/c1-16-8-9-20-18(13-16)14-19(17(2)25-20)23(27)24-15-21(22-7-6-12-28-22)26-10-4-3-5-11-26/h6-9,12-14,21H,3-5,10-11,15H2,1-2H3,(H,24,27). The third kappa shape index (κ3) is 3.94. The van der Waals surface area contributed by atoms with Gasteiger partial charge in [-0.25, -0.2) is 0 Å². The molecule has 0 saturated carbocycles. The molecule has 0 bridgehead atoms. The molecule has 1 aliphatic heterocycles. The third-order valence-corrected chi connectivity index (χ3v) is 5.56. The van der Waals surface area contributed by atoms with E-state index in [9.17, 15) is 4.79 Å². The normalized spacial score (nSPS) is 16.2. The number of amides is 1. The lowest BCUT2D eigenvalue weighted by atomic mass is 10.1. The fraction of sp³-hybridized carbons (Fsp3) is 0.391. The number of nitrogens with zero attached hydrogens (tertiary/aromatic N) is 2. The van der Waals surface area contributed by atoms with Crippen LogP contribution in [0.15, 0.2) is 47.1 Å². The van der Waals surface area contributed by atoms with Crippen molar-refractivity contribution in [3.05, 3.63) is 65.2 Å². The van der Waals surface area contributed by atoms with Crippen molar-refractivity contribution < 1.29 is 9.21 Å². The maximum Gasteiger partial charge on any atom is 0.253 e. The van der Waals surface area contributed by atoms with E-state index in [4.69, 9.17) is 4.42 Å². The maximum absolute atomic E-state index is 13.0. The van der Waals surface area contributed by atoms with Crippen LogP contribution in [0.1, 0.15) is 52.7 Å². The average Bonchev–Trinajstić information content (AvgIpc) is 3.23. The van der Waals surface area contributed by atoms with Crippen molar-refractivity contribution in [2.45, 2.75) is 39.2 Å². The second-order valence-electron chi connectivity index (χ2n) is 7.66. The van der Waals surface area contributed by atoms with Crippen LogP contribution in [0.3, 0.4) is 0 Å². The number of likely N-dealkylation sites (tertiary alicyclic amines) is 1. The Kier molecular flexibility index (Phi) is 5.44. The van der Waals surface area contributed by atoms with Crippen molar-refractivity contribution in [1.82, 2.24) is 15.2 Å². The molecule has 0 aliphatic carbocycles. The predicted octanol–water partition coefficient (Wildman–Crippen LogP) is 4.40. The summed E-state index contributed by atoms with van der Waals surface area (Å²) in [5.41, 5.74) is 3.46. The summed E-state index contributed by atoms with van der Waals surface area (Å²) in [6.07, 6.45) is 5.36. The first-order valence-electron chi connectivity index (χ1n) is 10.1. The minimum atomic E-state index is -0.0815. The maximum atomic E-state index is 13.0. The van der Waals surface area contributed by atoms with Gasteiger partial charge in [-0.3, -0.25) is 14.7 Å². The highest BCUT2D eigenvalue weighted by atomic mass is 16.3. The third-order valence-electron chi connectivity index (χ3n) is 5.56. The topological polar surface area (TPSA) is 58.4 Å². The minimum absolute atomic E-state index is 0.0650. The van der Waals surface area contributed by atoms with E-state index in [1.807, 2.05) is 44.2 Å². The van der Waals surface area contributed by atoms with E-state index in [1.165, 1.54) is 19.3 Å². The number of pyridine rings is 1. The number of hydrogen-bond acceptors (Lipinski definition) is 4. The van der Waals surface area contributed by atoms with Crippen molar-refractivity contribution in [3.63, 3.8) is 0 Å². The molecule has 1 atom stereocenters. The highest BCUT2D eigenvalue weighted by Crippen LogP contribution is 2.25. The van der Waals surface area contributed by atoms with Gasteiger partial charge in [0.15, 0.2) is 0 Å². The van der Waals surface area contributed by atoms with Crippen LogP contribution in [0, 0.1) is 13.8 Å². The molecule has 1 aromatic carbocycles. The minimum Gasteiger partial charge on any atom is -0.468 e. The highest BCUT2D eigenvalue weighted by molar-refractivity contribution is 5.98. The molecular formula is C23H27N3O2. The number of carbonyl (C=O) groups is 1. The Labute approximate surface area is 165 Å². The zero-order chi connectivity index (χ0) is 19.5. The van der Waals surface area contributed by atoms with Crippen molar-refractivity contribution in [2.75, 3.05) is 19.6 Å². The average molecular weight is 377 g/mol. The van der Waals surface area contributed by atoms with Crippen LogP contribution in [0.5, 0.6) is 0 Å². The van der Waals surface area contributed by atoms with E-state index in [1.54, 1.807) is 6.26 Å². The Morgan fingerprint density at radius 3 is 2.75 bits per heavy atom. The van der Waals surface area contributed by atoms with Gasteiger partial charge in [-0.2, -0.15) is 0 Å². The van der Waals surface area contributed by atoms with E-state index in [0.717, 1.165) is 41.0 Å². The molecule has 1 fully saturated rings. The number of nitrogens with one attached hydrogen (secondary N) is 1. The number of rotatable bonds is 5. The van der Waals surface area contributed by atoms with Crippen LogP contribution in [-0.4, -0.2) is 35.4 Å². The van der Waals surface area contributed by atoms with Crippen LogP contribution in [0.2, 0.25) is 0 Å². The van der Waals surface area contributed by atoms with Crippen LogP contribution in [-0.2, 0) is 0 Å². The zero-order valence-electron chi connectivity index (χ0n) is 16.6. The fourth-order valence-electron chi connectivity index (χ4n) is 4.03. The number of hydrogen-bond donors (Lipinski definition) is 1. The second kappa shape index (κ2) is 8.15. The van der Waals surface area contributed by atoms with Crippen molar-refractivity contribution in [3.8, 4) is 0 Å². The molecule has 3 aromatic rings. The molecule has 1 N–H and O–H groups in total. The number of furan rings is 1. The largest absolute Gasteiger partial charge is 0.468 e.